The second-order valence-corrected chi connectivity index (χ2v) is 5.38. The van der Waals surface area contributed by atoms with E-state index < -0.39 is 5.54 Å². The molecule has 0 radical (unpaired) electrons. The molecule has 5 nitrogen and oxygen atoms in total. The van der Waals surface area contributed by atoms with Crippen molar-refractivity contribution in [1.82, 2.24) is 5.32 Å². The van der Waals surface area contributed by atoms with Gasteiger partial charge in [0.25, 0.3) is 5.91 Å². The molecule has 1 saturated carbocycles. The minimum absolute atomic E-state index is 0.0926. The molecular weight excluding hydrogens is 242 g/mol. The van der Waals surface area contributed by atoms with Crippen LogP contribution in [0.5, 0.6) is 0 Å². The zero-order valence-electron chi connectivity index (χ0n) is 11.3. The lowest BCUT2D eigenvalue weighted by Gasteiger charge is -2.22. The van der Waals surface area contributed by atoms with E-state index in [0.29, 0.717) is 12.5 Å². The van der Waals surface area contributed by atoms with Crippen LogP contribution in [0.15, 0.2) is 22.8 Å². The van der Waals surface area contributed by atoms with Gasteiger partial charge in [0.2, 0.25) is 0 Å². The van der Waals surface area contributed by atoms with Crippen LogP contribution in [-0.4, -0.2) is 18.0 Å². The molecule has 0 aromatic carbocycles. The highest BCUT2D eigenvalue weighted by Crippen LogP contribution is 2.39. The summed E-state index contributed by atoms with van der Waals surface area (Å²) in [5, 5.41) is 13.9. The monoisotopic (exact) mass is 262 g/mol. The Hall–Kier alpha value is -1.80. The lowest BCUT2D eigenvalue weighted by molar-refractivity contribution is -0.684. The SMILES string of the molecule is C[C@H]([NH2+]CC(=O)N[C@@](C)(C#N)C1CC1)c1ccco1. The molecule has 2 rings (SSSR count). The first-order valence-electron chi connectivity index (χ1n) is 6.64. The Labute approximate surface area is 113 Å². The van der Waals surface area contributed by atoms with Crippen molar-refractivity contribution in [2.45, 2.75) is 38.3 Å². The summed E-state index contributed by atoms with van der Waals surface area (Å²) >= 11 is 0. The van der Waals surface area contributed by atoms with Crippen LogP contribution < -0.4 is 10.6 Å². The summed E-state index contributed by atoms with van der Waals surface area (Å²) in [5.74, 6) is 1.05. The highest BCUT2D eigenvalue weighted by Gasteiger charge is 2.43. The van der Waals surface area contributed by atoms with Crippen molar-refractivity contribution in [2.24, 2.45) is 5.92 Å². The van der Waals surface area contributed by atoms with E-state index in [1.165, 1.54) is 0 Å². The molecule has 102 valence electrons. The number of hydrogen-bond donors (Lipinski definition) is 2. The Balaban J connectivity index is 1.80. The van der Waals surface area contributed by atoms with Crippen molar-refractivity contribution >= 4 is 5.91 Å². The Morgan fingerprint density at radius 1 is 1.74 bits per heavy atom. The summed E-state index contributed by atoms with van der Waals surface area (Å²) < 4.78 is 5.28. The molecule has 1 aliphatic carbocycles. The molecule has 2 atom stereocenters. The fraction of sp³-hybridized carbons (Fsp3) is 0.571. The van der Waals surface area contributed by atoms with Crippen LogP contribution in [0.3, 0.4) is 0 Å². The van der Waals surface area contributed by atoms with E-state index in [-0.39, 0.29) is 11.9 Å². The largest absolute Gasteiger partial charge is 0.463 e. The maximum Gasteiger partial charge on any atom is 0.276 e. The molecule has 1 aliphatic rings. The number of nitrogens with two attached hydrogens (primary N) is 1. The van der Waals surface area contributed by atoms with E-state index in [9.17, 15) is 10.1 Å². The first kappa shape index (κ1) is 13.6. The number of carbonyl (C=O) groups excluding carboxylic acids is 1. The summed E-state index contributed by atoms with van der Waals surface area (Å²) in [6, 6.07) is 6.04. The third-order valence-corrected chi connectivity index (χ3v) is 3.67. The molecule has 0 bridgehead atoms. The average molecular weight is 262 g/mol. The van der Waals surface area contributed by atoms with Gasteiger partial charge in [-0.3, -0.25) is 4.79 Å². The molecule has 1 aromatic rings. The number of carbonyl (C=O) groups is 1. The van der Waals surface area contributed by atoms with Crippen LogP contribution in [-0.2, 0) is 4.79 Å². The predicted octanol–water partition coefficient (Wildman–Crippen LogP) is 0.712. The quantitative estimate of drug-likeness (QED) is 0.792. The second kappa shape index (κ2) is 5.45. The lowest BCUT2D eigenvalue weighted by atomic mass is 9.98. The summed E-state index contributed by atoms with van der Waals surface area (Å²) in [7, 11) is 0. The molecule has 0 aliphatic heterocycles. The highest BCUT2D eigenvalue weighted by molar-refractivity contribution is 5.78. The molecular formula is C14H20N3O2+. The fourth-order valence-electron chi connectivity index (χ4n) is 2.17. The highest BCUT2D eigenvalue weighted by atomic mass is 16.3. The van der Waals surface area contributed by atoms with Gasteiger partial charge in [0.1, 0.15) is 11.6 Å². The van der Waals surface area contributed by atoms with Gasteiger partial charge < -0.3 is 15.1 Å². The predicted molar refractivity (Wildman–Crippen MR) is 68.8 cm³/mol. The van der Waals surface area contributed by atoms with Crippen LogP contribution in [0.4, 0.5) is 0 Å². The van der Waals surface area contributed by atoms with Gasteiger partial charge in [-0.05, 0) is 44.7 Å². The number of rotatable bonds is 6. The fourth-order valence-corrected chi connectivity index (χ4v) is 2.17. The second-order valence-electron chi connectivity index (χ2n) is 5.38. The molecule has 0 unspecified atom stereocenters. The Kier molecular flexibility index (Phi) is 3.91. The van der Waals surface area contributed by atoms with E-state index in [1.54, 1.807) is 13.2 Å². The van der Waals surface area contributed by atoms with Crippen molar-refractivity contribution in [3.05, 3.63) is 24.2 Å². The van der Waals surface area contributed by atoms with Gasteiger partial charge in [-0.25, -0.2) is 0 Å². The van der Waals surface area contributed by atoms with Crippen molar-refractivity contribution in [3.8, 4) is 6.07 Å². The van der Waals surface area contributed by atoms with Crippen LogP contribution in [0.25, 0.3) is 0 Å². The van der Waals surface area contributed by atoms with Crippen LogP contribution in [0.2, 0.25) is 0 Å². The van der Waals surface area contributed by atoms with E-state index >= 15 is 0 Å². The van der Waals surface area contributed by atoms with Crippen molar-refractivity contribution < 1.29 is 14.5 Å². The molecule has 1 fully saturated rings. The lowest BCUT2D eigenvalue weighted by Crippen LogP contribution is -2.87. The number of nitriles is 1. The zero-order chi connectivity index (χ0) is 13.9. The van der Waals surface area contributed by atoms with Crippen molar-refractivity contribution in [2.75, 3.05) is 6.54 Å². The molecule has 3 N–H and O–H groups in total. The van der Waals surface area contributed by atoms with Crippen molar-refractivity contribution in [1.29, 1.82) is 5.26 Å². The van der Waals surface area contributed by atoms with Gasteiger partial charge in [-0.15, -0.1) is 0 Å². The van der Waals surface area contributed by atoms with Gasteiger partial charge in [-0.2, -0.15) is 5.26 Å². The smallest absolute Gasteiger partial charge is 0.276 e. The third-order valence-electron chi connectivity index (χ3n) is 3.67. The summed E-state index contributed by atoms with van der Waals surface area (Å²) in [4.78, 5) is 11.9. The van der Waals surface area contributed by atoms with Crippen LogP contribution >= 0.6 is 0 Å². The Morgan fingerprint density at radius 2 is 2.47 bits per heavy atom. The van der Waals surface area contributed by atoms with Gasteiger partial charge in [-0.1, -0.05) is 0 Å². The minimum Gasteiger partial charge on any atom is -0.463 e. The number of nitrogens with zero attached hydrogens (tertiary/aromatic N) is 1. The van der Waals surface area contributed by atoms with Gasteiger partial charge >= 0.3 is 0 Å². The number of hydrogen-bond acceptors (Lipinski definition) is 3. The van der Waals surface area contributed by atoms with Crippen LogP contribution in [0.1, 0.15) is 38.5 Å². The molecule has 1 heterocycles. The van der Waals surface area contributed by atoms with E-state index in [0.717, 1.165) is 18.6 Å². The normalized spacial score (nSPS) is 19.2. The number of furan rings is 1. The molecule has 5 heteroatoms. The van der Waals surface area contributed by atoms with Crippen molar-refractivity contribution in [3.63, 3.8) is 0 Å². The third kappa shape index (κ3) is 3.36. The average Bonchev–Trinajstić information content (AvgIpc) is 3.12. The number of amides is 1. The standard InChI is InChI=1S/C14H19N3O2/c1-10(12-4-3-7-19-12)16-8-13(18)17-14(2,9-15)11-5-6-11/h3-4,7,10-11,16H,5-6,8H2,1-2H3,(H,17,18)/p+1/t10-,14-/m0/s1. The molecule has 1 amide bonds. The molecule has 0 saturated heterocycles. The van der Waals surface area contributed by atoms with E-state index in [4.69, 9.17) is 4.42 Å². The number of nitrogens with one attached hydrogen (secondary N) is 1. The minimum atomic E-state index is -0.709. The summed E-state index contributed by atoms with van der Waals surface area (Å²) in [6.45, 7) is 4.08. The maximum absolute atomic E-state index is 11.9. The van der Waals surface area contributed by atoms with E-state index in [1.807, 2.05) is 24.4 Å². The van der Waals surface area contributed by atoms with Gasteiger partial charge in [0.05, 0.1) is 12.3 Å². The Morgan fingerprint density at radius 3 is 3.00 bits per heavy atom. The summed E-state index contributed by atoms with van der Waals surface area (Å²) in [6.07, 6.45) is 3.67. The summed E-state index contributed by atoms with van der Waals surface area (Å²) in [5.41, 5.74) is -0.709. The number of quaternary nitrogens is 1. The topological polar surface area (TPSA) is 82.6 Å². The molecule has 0 spiro atoms. The Bertz CT molecular complexity index is 473. The van der Waals surface area contributed by atoms with E-state index in [2.05, 4.69) is 11.4 Å². The maximum atomic E-state index is 11.9. The first-order valence-corrected chi connectivity index (χ1v) is 6.64. The molecule has 1 aromatic heterocycles. The molecule has 19 heavy (non-hydrogen) atoms. The van der Waals surface area contributed by atoms with Gasteiger partial charge in [0, 0.05) is 0 Å². The van der Waals surface area contributed by atoms with Crippen LogP contribution in [0, 0.1) is 17.2 Å². The van der Waals surface area contributed by atoms with Gasteiger partial charge in [0.15, 0.2) is 12.3 Å². The zero-order valence-corrected chi connectivity index (χ0v) is 11.3. The first-order chi connectivity index (χ1) is 9.05.